The third-order valence-electron chi connectivity index (χ3n) is 7.10. The maximum Gasteiger partial charge on any atom is 0.189 e. The van der Waals surface area contributed by atoms with E-state index in [9.17, 15) is 4.79 Å². The zero-order valence-corrected chi connectivity index (χ0v) is 22.3. The van der Waals surface area contributed by atoms with E-state index in [1.165, 1.54) is 31.5 Å². The van der Waals surface area contributed by atoms with E-state index in [2.05, 4.69) is 68.8 Å². The monoisotopic (exact) mass is 490 g/mol. The lowest BCUT2D eigenvalue weighted by Gasteiger charge is -2.24. The summed E-state index contributed by atoms with van der Waals surface area (Å²) >= 11 is 0. The van der Waals surface area contributed by atoms with Gasteiger partial charge in [-0.25, -0.2) is 4.98 Å². The van der Waals surface area contributed by atoms with Gasteiger partial charge in [0.15, 0.2) is 5.78 Å². The van der Waals surface area contributed by atoms with Crippen LogP contribution in [-0.2, 0) is 13.1 Å². The molecule has 0 saturated carbocycles. The fourth-order valence-electron chi connectivity index (χ4n) is 5.24. The topological polar surface area (TPSA) is 67.8 Å². The van der Waals surface area contributed by atoms with Gasteiger partial charge in [0, 0.05) is 43.7 Å². The molecule has 7 heteroatoms. The number of fused-ring (bicyclic) bond motifs is 1. The molecule has 1 aromatic carbocycles. The van der Waals surface area contributed by atoms with E-state index in [1.807, 2.05) is 12.3 Å². The van der Waals surface area contributed by atoms with Crippen molar-refractivity contribution >= 4 is 17.7 Å². The number of aromatic amines is 1. The fraction of sp³-hybridized carbons (Fsp3) is 0.552. The van der Waals surface area contributed by atoms with Crippen LogP contribution in [-0.4, -0.2) is 82.6 Å². The van der Waals surface area contributed by atoms with Crippen molar-refractivity contribution in [2.24, 2.45) is 4.99 Å². The van der Waals surface area contributed by atoms with E-state index in [-0.39, 0.29) is 5.78 Å². The molecule has 2 aromatic rings. The molecule has 0 atom stereocenters. The van der Waals surface area contributed by atoms with Crippen molar-refractivity contribution in [3.63, 3.8) is 0 Å². The van der Waals surface area contributed by atoms with Crippen molar-refractivity contribution in [2.75, 3.05) is 46.3 Å². The molecule has 2 aliphatic rings. The van der Waals surface area contributed by atoms with Gasteiger partial charge in [-0.1, -0.05) is 26.0 Å². The number of nitrogens with one attached hydrogen (secondary N) is 1. The quantitative estimate of drug-likeness (QED) is 0.369. The first-order chi connectivity index (χ1) is 17.6. The highest BCUT2D eigenvalue weighted by Gasteiger charge is 2.23. The Morgan fingerprint density at radius 3 is 2.56 bits per heavy atom. The molecule has 2 heterocycles. The summed E-state index contributed by atoms with van der Waals surface area (Å²) in [6.45, 7) is 12.1. The molecule has 7 nitrogen and oxygen atoms in total. The van der Waals surface area contributed by atoms with Crippen LogP contribution in [0.15, 0.2) is 41.2 Å². The molecule has 1 aromatic heterocycles. The van der Waals surface area contributed by atoms with Gasteiger partial charge in [0.05, 0.1) is 19.6 Å². The van der Waals surface area contributed by atoms with E-state index in [0.29, 0.717) is 0 Å². The number of rotatable bonds is 15. The summed E-state index contributed by atoms with van der Waals surface area (Å²) in [5, 5.41) is 0. The highest BCUT2D eigenvalue weighted by Crippen LogP contribution is 2.29. The number of benzene rings is 1. The molecular formula is C29H42N6O. The van der Waals surface area contributed by atoms with Gasteiger partial charge >= 0.3 is 0 Å². The molecule has 0 saturated heterocycles. The second-order valence-corrected chi connectivity index (χ2v) is 10.1. The molecule has 0 amide bonds. The Balaban J connectivity index is 1.37. The number of unbranched alkanes of at least 4 members (excludes halogenated alkanes) is 1. The van der Waals surface area contributed by atoms with E-state index >= 15 is 0 Å². The standard InChI is InChI=1S/C29H42N6O/c1-4-14-34(15-5-2)16-7-6-8-24-19-25-18-23(9-10-26(25)29(24)36)20-35(21-27-30-11-12-31-27)22-28-32-13-17-33(28)3/h9-12,18-19H,4-8,13-17,20-22H2,1-3H3,(H,30,31). The fourth-order valence-corrected chi connectivity index (χ4v) is 5.24. The zero-order chi connectivity index (χ0) is 25.3. The Morgan fingerprint density at radius 2 is 1.86 bits per heavy atom. The summed E-state index contributed by atoms with van der Waals surface area (Å²) in [4.78, 5) is 32.5. The molecule has 1 aliphatic heterocycles. The average molecular weight is 491 g/mol. The predicted octanol–water partition coefficient (Wildman–Crippen LogP) is 4.63. The molecule has 0 unspecified atom stereocenters. The molecule has 4 rings (SSSR count). The number of nitrogens with zero attached hydrogens (tertiary/aromatic N) is 5. The second-order valence-electron chi connectivity index (χ2n) is 10.1. The van der Waals surface area contributed by atoms with Gasteiger partial charge in [-0.2, -0.15) is 0 Å². The number of carbonyl (C=O) groups is 1. The summed E-state index contributed by atoms with van der Waals surface area (Å²) in [7, 11) is 2.11. The Labute approximate surface area is 216 Å². The Kier molecular flexibility index (Phi) is 9.47. The third-order valence-corrected chi connectivity index (χ3v) is 7.10. The molecule has 1 N–H and O–H groups in total. The summed E-state index contributed by atoms with van der Waals surface area (Å²) in [5.74, 6) is 2.28. The van der Waals surface area contributed by atoms with Crippen molar-refractivity contribution < 1.29 is 4.79 Å². The maximum absolute atomic E-state index is 13.0. The Morgan fingerprint density at radius 1 is 1.03 bits per heavy atom. The van der Waals surface area contributed by atoms with E-state index in [1.54, 1.807) is 6.20 Å². The average Bonchev–Trinajstić information content (AvgIpc) is 3.59. The number of amidine groups is 1. The number of allylic oxidation sites excluding steroid dienone is 1. The minimum atomic E-state index is 0.213. The number of aromatic nitrogens is 2. The van der Waals surface area contributed by atoms with Crippen LogP contribution in [0.1, 0.15) is 73.3 Å². The van der Waals surface area contributed by atoms with Gasteiger partial charge in [0.1, 0.15) is 11.7 Å². The minimum Gasteiger partial charge on any atom is -0.360 e. The first kappa shape index (κ1) is 26.3. The first-order valence-electron chi connectivity index (χ1n) is 13.6. The zero-order valence-electron chi connectivity index (χ0n) is 22.3. The van der Waals surface area contributed by atoms with Gasteiger partial charge < -0.3 is 14.8 Å². The lowest BCUT2D eigenvalue weighted by molar-refractivity contribution is 0.103. The molecule has 0 spiro atoms. The Hall–Kier alpha value is -2.77. The highest BCUT2D eigenvalue weighted by molar-refractivity contribution is 6.17. The van der Waals surface area contributed by atoms with Crippen LogP contribution in [0.3, 0.4) is 0 Å². The van der Waals surface area contributed by atoms with Crippen LogP contribution in [0.25, 0.3) is 6.08 Å². The summed E-state index contributed by atoms with van der Waals surface area (Å²) in [5.41, 5.74) is 4.10. The number of H-pyrrole nitrogens is 1. The predicted molar refractivity (Wildman–Crippen MR) is 147 cm³/mol. The van der Waals surface area contributed by atoms with Crippen molar-refractivity contribution in [2.45, 2.75) is 59.0 Å². The second kappa shape index (κ2) is 13.0. The smallest absolute Gasteiger partial charge is 0.189 e. The molecular weight excluding hydrogens is 448 g/mol. The number of hydrogen-bond acceptors (Lipinski definition) is 6. The van der Waals surface area contributed by atoms with Gasteiger partial charge in [-0.05, 0) is 75.0 Å². The van der Waals surface area contributed by atoms with Crippen molar-refractivity contribution in [1.82, 2.24) is 24.7 Å². The van der Waals surface area contributed by atoms with E-state index in [4.69, 9.17) is 0 Å². The lowest BCUT2D eigenvalue weighted by atomic mass is 10.0. The van der Waals surface area contributed by atoms with Gasteiger partial charge in [-0.3, -0.25) is 14.7 Å². The van der Waals surface area contributed by atoms with Crippen LogP contribution in [0.5, 0.6) is 0 Å². The normalized spacial score (nSPS) is 15.2. The SMILES string of the molecule is CCCN(CCC)CCCCC1=Cc2cc(CN(CC3=NCCN3C)Cc3ncc[nH]3)ccc2C1=O. The van der Waals surface area contributed by atoms with Gasteiger partial charge in [0.25, 0.3) is 0 Å². The summed E-state index contributed by atoms with van der Waals surface area (Å²) < 4.78 is 0. The highest BCUT2D eigenvalue weighted by atomic mass is 16.1. The molecule has 0 radical (unpaired) electrons. The Bertz CT molecular complexity index is 1050. The first-order valence-corrected chi connectivity index (χ1v) is 13.6. The number of aliphatic imine (C=N–C) groups is 1. The van der Waals surface area contributed by atoms with Crippen LogP contribution in [0.2, 0.25) is 0 Å². The number of likely N-dealkylation sites (N-methyl/N-ethyl adjacent to an activating group) is 1. The molecule has 0 fully saturated rings. The number of hydrogen-bond donors (Lipinski definition) is 1. The largest absolute Gasteiger partial charge is 0.360 e. The van der Waals surface area contributed by atoms with E-state index in [0.717, 1.165) is 86.9 Å². The maximum atomic E-state index is 13.0. The van der Waals surface area contributed by atoms with Crippen molar-refractivity contribution in [3.05, 3.63) is 58.7 Å². The number of ketones is 1. The minimum absolute atomic E-state index is 0.213. The van der Waals surface area contributed by atoms with Crippen LogP contribution < -0.4 is 0 Å². The van der Waals surface area contributed by atoms with Gasteiger partial charge in [-0.15, -0.1) is 0 Å². The molecule has 36 heavy (non-hydrogen) atoms. The van der Waals surface area contributed by atoms with Crippen LogP contribution in [0.4, 0.5) is 0 Å². The van der Waals surface area contributed by atoms with Crippen LogP contribution >= 0.6 is 0 Å². The molecule has 194 valence electrons. The summed E-state index contributed by atoms with van der Waals surface area (Å²) in [6, 6.07) is 6.32. The van der Waals surface area contributed by atoms with E-state index < -0.39 is 0 Å². The number of Topliss-reactive ketones (excluding diaryl/α,β-unsaturated/α-hetero) is 1. The summed E-state index contributed by atoms with van der Waals surface area (Å²) in [6.07, 6.45) is 11.3. The van der Waals surface area contributed by atoms with Crippen LogP contribution in [0, 0.1) is 0 Å². The molecule has 0 bridgehead atoms. The third kappa shape index (κ3) is 6.92. The number of imidazole rings is 1. The van der Waals surface area contributed by atoms with Gasteiger partial charge in [0.2, 0.25) is 0 Å². The molecule has 1 aliphatic carbocycles. The lowest BCUT2D eigenvalue weighted by Crippen LogP contribution is -2.36. The number of carbonyl (C=O) groups excluding carboxylic acids is 1. The van der Waals surface area contributed by atoms with Crippen molar-refractivity contribution in [1.29, 1.82) is 0 Å². The van der Waals surface area contributed by atoms with Crippen molar-refractivity contribution in [3.8, 4) is 0 Å².